The summed E-state index contributed by atoms with van der Waals surface area (Å²) in [6.07, 6.45) is 0. The maximum atomic E-state index is 8.67. The molecule has 6 heavy (non-hydrogen) atoms. The van der Waals surface area contributed by atoms with Gasteiger partial charge in [-0.3, -0.25) is 9.11 Å². The third-order valence-electron chi connectivity index (χ3n) is 0. The van der Waals surface area contributed by atoms with Crippen molar-refractivity contribution < 1.29 is 13.3 Å². The molecule has 0 rings (SSSR count). The van der Waals surface area contributed by atoms with Gasteiger partial charge in [0, 0.05) is 0 Å². The molecule has 0 spiro atoms. The van der Waals surface area contributed by atoms with Crippen LogP contribution in [0.15, 0.2) is 0 Å². The van der Waals surface area contributed by atoms with Crippen molar-refractivity contribution in [3.63, 3.8) is 0 Å². The molecular formula is H6NNaO3S. The van der Waals surface area contributed by atoms with Gasteiger partial charge < -0.3 is 6.15 Å². The fourth-order valence-corrected chi connectivity index (χ4v) is 0. The monoisotopic (exact) mass is 123 g/mol. The van der Waals surface area contributed by atoms with Gasteiger partial charge in [0.15, 0.2) is 0 Å². The minimum absolute atomic E-state index is 0. The van der Waals surface area contributed by atoms with E-state index in [0.717, 1.165) is 0 Å². The molecule has 0 heterocycles. The van der Waals surface area contributed by atoms with E-state index in [9.17, 15) is 0 Å². The van der Waals surface area contributed by atoms with E-state index in [1.165, 1.54) is 0 Å². The van der Waals surface area contributed by atoms with Crippen LogP contribution in [0.3, 0.4) is 0 Å². The summed E-state index contributed by atoms with van der Waals surface area (Å²) in [6, 6.07) is 0. The van der Waals surface area contributed by atoms with Gasteiger partial charge in [-0.1, -0.05) is 0 Å². The predicted octanol–water partition coefficient (Wildman–Crippen LogP) is -0.805. The first-order valence-corrected chi connectivity index (χ1v) is 1.60. The molecule has 0 radical (unpaired) electrons. The van der Waals surface area contributed by atoms with Gasteiger partial charge in [-0.25, -0.2) is 0 Å². The van der Waals surface area contributed by atoms with Gasteiger partial charge in [-0.15, -0.1) is 0 Å². The Morgan fingerprint density at radius 1 is 1.33 bits per heavy atom. The molecule has 0 aliphatic heterocycles. The van der Waals surface area contributed by atoms with Crippen LogP contribution >= 0.6 is 0 Å². The second-order valence-electron chi connectivity index (χ2n) is 0.231. The predicted molar refractivity (Wildman–Crippen MR) is 25.6 cm³/mol. The van der Waals surface area contributed by atoms with Gasteiger partial charge in [0.2, 0.25) is 0 Å². The van der Waals surface area contributed by atoms with Crippen molar-refractivity contribution in [1.29, 1.82) is 0 Å². The SMILES string of the molecule is N.O=S(O)O.[NaH]. The van der Waals surface area contributed by atoms with Crippen LogP contribution < -0.4 is 6.15 Å². The quantitative estimate of drug-likeness (QED) is 0.290. The van der Waals surface area contributed by atoms with Crippen molar-refractivity contribution in [2.45, 2.75) is 0 Å². The van der Waals surface area contributed by atoms with Crippen molar-refractivity contribution >= 4 is 40.9 Å². The molecule has 6 heteroatoms. The molecule has 0 aliphatic carbocycles. The standard InChI is InChI=1S/H3N.Na.H2O3S.H/c;;1-4(2)3;/h1H3;;(H2,1,2,3);. The molecule has 0 bridgehead atoms. The van der Waals surface area contributed by atoms with E-state index in [2.05, 4.69) is 0 Å². The van der Waals surface area contributed by atoms with Crippen LogP contribution in [0.5, 0.6) is 0 Å². The molecule has 0 saturated carbocycles. The maximum absolute atomic E-state index is 8.67. The summed E-state index contributed by atoms with van der Waals surface area (Å²) in [4.78, 5) is 0. The molecular weight excluding hydrogens is 117 g/mol. The van der Waals surface area contributed by atoms with Gasteiger partial charge in [0.1, 0.15) is 0 Å². The van der Waals surface area contributed by atoms with Crippen molar-refractivity contribution in [1.82, 2.24) is 6.15 Å². The molecule has 0 aromatic heterocycles. The zero-order chi connectivity index (χ0) is 3.58. The molecule has 0 fully saturated rings. The molecule has 0 unspecified atom stereocenters. The average Bonchev–Trinajstić information content (AvgIpc) is 0.811. The van der Waals surface area contributed by atoms with E-state index >= 15 is 0 Å². The summed E-state index contributed by atoms with van der Waals surface area (Å²) >= 11 is -2.61. The summed E-state index contributed by atoms with van der Waals surface area (Å²) < 4.78 is 22.8. The average molecular weight is 123 g/mol. The molecule has 0 atom stereocenters. The Kier molecular flexibility index (Phi) is 24.6. The molecule has 4 nitrogen and oxygen atoms in total. The van der Waals surface area contributed by atoms with Crippen LogP contribution in [0.25, 0.3) is 0 Å². The molecule has 0 saturated heterocycles. The van der Waals surface area contributed by atoms with Crippen LogP contribution in [0.4, 0.5) is 0 Å². The summed E-state index contributed by atoms with van der Waals surface area (Å²) in [6.45, 7) is 0. The van der Waals surface area contributed by atoms with E-state index in [-0.39, 0.29) is 35.7 Å². The van der Waals surface area contributed by atoms with Crippen LogP contribution in [-0.4, -0.2) is 42.9 Å². The van der Waals surface area contributed by atoms with E-state index < -0.39 is 11.4 Å². The number of hydrogen-bond donors (Lipinski definition) is 3. The van der Waals surface area contributed by atoms with Gasteiger partial charge in [-0.05, 0) is 0 Å². The minimum atomic E-state index is -2.61. The Morgan fingerprint density at radius 2 is 1.33 bits per heavy atom. The Hall–Kier alpha value is 1.03. The van der Waals surface area contributed by atoms with Crippen molar-refractivity contribution in [3.8, 4) is 0 Å². The van der Waals surface area contributed by atoms with Crippen LogP contribution in [0.1, 0.15) is 0 Å². The summed E-state index contributed by atoms with van der Waals surface area (Å²) in [5, 5.41) is 0. The van der Waals surface area contributed by atoms with E-state index in [1.807, 2.05) is 0 Å². The van der Waals surface area contributed by atoms with Crippen LogP contribution in [-0.2, 0) is 11.4 Å². The van der Waals surface area contributed by atoms with E-state index in [4.69, 9.17) is 13.3 Å². The van der Waals surface area contributed by atoms with E-state index in [0.29, 0.717) is 0 Å². The zero-order valence-electron chi connectivity index (χ0n) is 2.42. The first-order chi connectivity index (χ1) is 1.73. The second kappa shape index (κ2) is 9.39. The second-order valence-corrected chi connectivity index (χ2v) is 0.692. The van der Waals surface area contributed by atoms with Crippen molar-refractivity contribution in [2.24, 2.45) is 0 Å². The van der Waals surface area contributed by atoms with Gasteiger partial charge in [0.05, 0.1) is 0 Å². The molecule has 5 N–H and O–H groups in total. The van der Waals surface area contributed by atoms with E-state index in [1.54, 1.807) is 0 Å². The van der Waals surface area contributed by atoms with Crippen LogP contribution in [0, 0.1) is 0 Å². The Bertz CT molecular complexity index is 33.8. The van der Waals surface area contributed by atoms with Crippen molar-refractivity contribution in [3.05, 3.63) is 0 Å². The molecule has 0 aromatic rings. The first-order valence-electron chi connectivity index (χ1n) is 0.532. The first kappa shape index (κ1) is 15.7. The van der Waals surface area contributed by atoms with Gasteiger partial charge in [0.25, 0.3) is 11.4 Å². The molecule has 0 aromatic carbocycles. The Labute approximate surface area is 60.3 Å². The van der Waals surface area contributed by atoms with Crippen LogP contribution in [0.2, 0.25) is 0 Å². The third-order valence-corrected chi connectivity index (χ3v) is 0. The normalized spacial score (nSPS) is 5.83. The Balaban J connectivity index is -0.0000000450. The summed E-state index contributed by atoms with van der Waals surface area (Å²) in [5.41, 5.74) is 0. The topological polar surface area (TPSA) is 92.5 Å². The number of hydrogen-bond acceptors (Lipinski definition) is 2. The summed E-state index contributed by atoms with van der Waals surface area (Å²) in [5.74, 6) is 0. The molecule has 36 valence electrons. The number of rotatable bonds is 0. The molecule has 0 aliphatic rings. The fourth-order valence-electron chi connectivity index (χ4n) is 0. The fraction of sp³-hybridized carbons (Fsp3) is 0. The van der Waals surface area contributed by atoms with Gasteiger partial charge in [-0.2, -0.15) is 4.21 Å². The van der Waals surface area contributed by atoms with Gasteiger partial charge >= 0.3 is 29.6 Å². The summed E-state index contributed by atoms with van der Waals surface area (Å²) in [7, 11) is 0. The Morgan fingerprint density at radius 3 is 1.33 bits per heavy atom. The molecule has 0 amide bonds. The zero-order valence-corrected chi connectivity index (χ0v) is 3.23. The van der Waals surface area contributed by atoms with Crippen molar-refractivity contribution in [2.75, 3.05) is 0 Å². The third kappa shape index (κ3) is 77.0.